The number of hydrogen-bond donors (Lipinski definition) is 1. The number of carbonyl (C=O) groups excluding carboxylic acids is 2. The Morgan fingerprint density at radius 3 is 2.04 bits per heavy atom. The first kappa shape index (κ1) is 20.6. The summed E-state index contributed by atoms with van der Waals surface area (Å²) in [4.78, 5) is 32.4. The predicted molar refractivity (Wildman–Crippen MR) is 93.6 cm³/mol. The lowest BCUT2D eigenvalue weighted by Crippen LogP contribution is -2.09. The van der Waals surface area contributed by atoms with Gasteiger partial charge in [0.2, 0.25) is 0 Å². The molecule has 0 aliphatic rings. The number of hydrogen-bond acceptors (Lipinski definition) is 7. The van der Waals surface area contributed by atoms with Gasteiger partial charge in [0.15, 0.2) is 0 Å². The molecule has 0 saturated heterocycles. The molecule has 144 valence electrons. The molecule has 0 spiro atoms. The summed E-state index contributed by atoms with van der Waals surface area (Å²) >= 11 is 0. The molecule has 0 aromatic heterocycles. The summed E-state index contributed by atoms with van der Waals surface area (Å²) in [6.45, 7) is 0.319. The van der Waals surface area contributed by atoms with Gasteiger partial charge in [-0.25, -0.2) is 9.59 Å². The van der Waals surface area contributed by atoms with Crippen LogP contribution in [0.25, 0.3) is 0 Å². The highest BCUT2D eigenvalue weighted by atomic mass is 32.2. The van der Waals surface area contributed by atoms with Gasteiger partial charge in [-0.05, 0) is 49.2 Å². The van der Waals surface area contributed by atoms with Crippen LogP contribution in [-0.4, -0.2) is 38.1 Å². The Balaban J connectivity index is 1.61. The van der Waals surface area contributed by atoms with Crippen LogP contribution in [0.3, 0.4) is 0 Å². The van der Waals surface area contributed by atoms with Gasteiger partial charge in [-0.1, -0.05) is 18.2 Å². The molecule has 0 bridgehead atoms. The minimum Gasteiger partial charge on any atom is -0.462 e. The number of esters is 1. The van der Waals surface area contributed by atoms with Crippen LogP contribution >= 0.6 is 0 Å². The maximum atomic E-state index is 11.7. The van der Waals surface area contributed by atoms with Gasteiger partial charge in [0.1, 0.15) is 0 Å². The molecule has 1 N–H and O–H groups in total. The van der Waals surface area contributed by atoms with E-state index >= 15 is 0 Å². The number of carbonyl (C=O) groups is 2. The largest absolute Gasteiger partial charge is 0.462 e. The van der Waals surface area contributed by atoms with Crippen molar-refractivity contribution < 1.29 is 37.1 Å². The van der Waals surface area contributed by atoms with Crippen molar-refractivity contribution >= 4 is 22.1 Å². The van der Waals surface area contributed by atoms with Crippen molar-refractivity contribution in [1.82, 2.24) is 0 Å². The first-order chi connectivity index (χ1) is 12.9. The van der Waals surface area contributed by atoms with Crippen LogP contribution in [0.2, 0.25) is 0 Å². The highest BCUT2D eigenvalue weighted by Crippen LogP contribution is 2.11. The van der Waals surface area contributed by atoms with Crippen molar-refractivity contribution in [3.05, 3.63) is 65.7 Å². The highest BCUT2D eigenvalue weighted by Gasteiger charge is 2.13. The molecule has 0 unspecified atom stereocenters. The van der Waals surface area contributed by atoms with Crippen molar-refractivity contribution in [1.29, 1.82) is 0 Å². The van der Waals surface area contributed by atoms with Crippen LogP contribution in [0.5, 0.6) is 0 Å². The third-order valence-electron chi connectivity index (χ3n) is 3.39. The summed E-state index contributed by atoms with van der Waals surface area (Å²) in [6, 6.07) is 13.2. The zero-order valence-electron chi connectivity index (χ0n) is 14.2. The molecule has 0 aliphatic carbocycles. The summed E-state index contributed by atoms with van der Waals surface area (Å²) in [5, 5.41) is 0. The highest BCUT2D eigenvalue weighted by molar-refractivity contribution is 7.85. The summed E-state index contributed by atoms with van der Waals surface area (Å²) in [5.74, 6) is -1.20. The Morgan fingerprint density at radius 2 is 1.41 bits per heavy atom. The van der Waals surface area contributed by atoms with Gasteiger partial charge in [-0.3, -0.25) is 9.44 Å². The van der Waals surface area contributed by atoms with E-state index < -0.39 is 22.1 Å². The van der Waals surface area contributed by atoms with E-state index in [0.29, 0.717) is 18.4 Å². The lowest BCUT2D eigenvalue weighted by Gasteiger charge is -2.06. The lowest BCUT2D eigenvalue weighted by molar-refractivity contribution is -0.241. The van der Waals surface area contributed by atoms with Crippen LogP contribution in [0.15, 0.2) is 59.5 Å². The van der Waals surface area contributed by atoms with Gasteiger partial charge in [0.25, 0.3) is 10.1 Å². The number of rotatable bonds is 9. The fraction of sp³-hybridized carbons (Fsp3) is 0.222. The standard InChI is InChI=1S/C18H18O8S/c19-17(14-6-2-1-3-7-14)24-12-4-5-13-25-26-18(20)15-8-10-16(11-9-15)27(21,22)23/h1-3,6-11H,4-5,12-13H2,(H,21,22,23). The second kappa shape index (κ2) is 9.81. The quantitative estimate of drug-likeness (QED) is 0.227. The van der Waals surface area contributed by atoms with Crippen LogP contribution in [0, 0.1) is 0 Å². The van der Waals surface area contributed by atoms with E-state index in [9.17, 15) is 18.0 Å². The Morgan fingerprint density at radius 1 is 0.815 bits per heavy atom. The van der Waals surface area contributed by atoms with Crippen molar-refractivity contribution in [2.45, 2.75) is 17.7 Å². The Hall–Kier alpha value is -2.75. The fourth-order valence-electron chi connectivity index (χ4n) is 1.99. The van der Waals surface area contributed by atoms with Crippen LogP contribution in [0.4, 0.5) is 0 Å². The molecule has 0 amide bonds. The van der Waals surface area contributed by atoms with Gasteiger partial charge in [-0.2, -0.15) is 13.3 Å². The third kappa shape index (κ3) is 6.81. The second-order valence-corrected chi connectivity index (χ2v) is 6.82. The summed E-state index contributed by atoms with van der Waals surface area (Å²) < 4.78 is 35.8. The van der Waals surface area contributed by atoms with E-state index in [4.69, 9.17) is 14.2 Å². The summed E-state index contributed by atoms with van der Waals surface area (Å²) in [7, 11) is -4.32. The van der Waals surface area contributed by atoms with Gasteiger partial charge in [0, 0.05) is 0 Å². The molecular weight excluding hydrogens is 376 g/mol. The smallest absolute Gasteiger partial charge is 0.373 e. The first-order valence-corrected chi connectivity index (χ1v) is 9.45. The Labute approximate surface area is 156 Å². The normalized spacial score (nSPS) is 11.0. The van der Waals surface area contributed by atoms with E-state index in [1.165, 1.54) is 12.1 Å². The molecule has 9 heteroatoms. The molecule has 0 atom stereocenters. The molecule has 0 heterocycles. The van der Waals surface area contributed by atoms with E-state index in [1.54, 1.807) is 30.3 Å². The summed E-state index contributed by atoms with van der Waals surface area (Å²) in [5.41, 5.74) is 0.543. The van der Waals surface area contributed by atoms with E-state index in [-0.39, 0.29) is 23.7 Å². The molecule has 0 saturated carbocycles. The number of benzene rings is 2. The van der Waals surface area contributed by atoms with E-state index in [0.717, 1.165) is 12.1 Å². The zero-order valence-corrected chi connectivity index (χ0v) is 15.1. The SMILES string of the molecule is O=C(OCCCCOOC(=O)c1ccc(S(=O)(=O)O)cc1)c1ccccc1. The summed E-state index contributed by atoms with van der Waals surface area (Å²) in [6.07, 6.45) is 1.02. The van der Waals surface area contributed by atoms with Gasteiger partial charge in [0.05, 0.1) is 29.2 Å². The second-order valence-electron chi connectivity index (χ2n) is 5.40. The van der Waals surface area contributed by atoms with E-state index in [2.05, 4.69) is 4.89 Å². The molecule has 0 aliphatic heterocycles. The van der Waals surface area contributed by atoms with Crippen LogP contribution in [-0.2, 0) is 24.6 Å². The molecule has 0 radical (unpaired) electrons. The molecule has 2 aromatic carbocycles. The average Bonchev–Trinajstić information content (AvgIpc) is 2.67. The molecule has 2 aromatic rings. The molecular formula is C18H18O8S. The first-order valence-electron chi connectivity index (χ1n) is 8.01. The van der Waals surface area contributed by atoms with Crippen molar-refractivity contribution in [3.8, 4) is 0 Å². The van der Waals surface area contributed by atoms with Crippen LogP contribution < -0.4 is 0 Å². The Kier molecular flexibility index (Phi) is 7.47. The topological polar surface area (TPSA) is 116 Å². The average molecular weight is 394 g/mol. The van der Waals surface area contributed by atoms with Crippen LogP contribution in [0.1, 0.15) is 33.6 Å². The lowest BCUT2D eigenvalue weighted by atomic mass is 10.2. The van der Waals surface area contributed by atoms with Crippen molar-refractivity contribution in [2.75, 3.05) is 13.2 Å². The molecule has 0 fully saturated rings. The van der Waals surface area contributed by atoms with Crippen molar-refractivity contribution in [3.63, 3.8) is 0 Å². The third-order valence-corrected chi connectivity index (χ3v) is 4.26. The number of ether oxygens (including phenoxy) is 1. The minimum absolute atomic E-state index is 0.0687. The predicted octanol–water partition coefficient (Wildman–Crippen LogP) is 2.66. The van der Waals surface area contributed by atoms with Gasteiger partial charge >= 0.3 is 11.9 Å². The fourth-order valence-corrected chi connectivity index (χ4v) is 2.47. The zero-order chi connectivity index (χ0) is 19.7. The number of unbranched alkanes of at least 4 members (excludes halogenated alkanes) is 1. The molecule has 27 heavy (non-hydrogen) atoms. The monoisotopic (exact) mass is 394 g/mol. The molecule has 8 nitrogen and oxygen atoms in total. The van der Waals surface area contributed by atoms with Gasteiger partial charge in [-0.15, -0.1) is 0 Å². The van der Waals surface area contributed by atoms with Gasteiger partial charge < -0.3 is 4.74 Å². The molecule has 2 rings (SSSR count). The maximum absolute atomic E-state index is 11.7. The Bertz CT molecular complexity index is 860. The minimum atomic E-state index is -4.32. The van der Waals surface area contributed by atoms with Crippen molar-refractivity contribution in [2.24, 2.45) is 0 Å². The van der Waals surface area contributed by atoms with E-state index in [1.807, 2.05) is 0 Å². The maximum Gasteiger partial charge on any atom is 0.373 e.